The molecule has 0 unspecified atom stereocenters. The van der Waals surface area contributed by atoms with Crippen LogP contribution in [0.25, 0.3) is 10.4 Å². The van der Waals surface area contributed by atoms with Crippen molar-refractivity contribution < 1.29 is 9.53 Å². The van der Waals surface area contributed by atoms with E-state index in [2.05, 4.69) is 39.9 Å². The van der Waals surface area contributed by atoms with Gasteiger partial charge < -0.3 is 15.4 Å². The molecule has 24 heavy (non-hydrogen) atoms. The minimum absolute atomic E-state index is 0.0301. The average Bonchev–Trinajstić information content (AvgIpc) is 3.23. The zero-order valence-electron chi connectivity index (χ0n) is 14.2. The van der Waals surface area contributed by atoms with E-state index in [1.165, 1.54) is 4.88 Å². The zero-order valence-corrected chi connectivity index (χ0v) is 15.0. The fraction of sp³-hybridized carbons (Fsp3) is 0.444. The van der Waals surface area contributed by atoms with E-state index in [1.54, 1.807) is 18.4 Å². The van der Waals surface area contributed by atoms with Crippen molar-refractivity contribution in [2.45, 2.75) is 38.5 Å². The number of hydrogen-bond donors (Lipinski definition) is 2. The molecule has 1 fully saturated rings. The second kappa shape index (κ2) is 7.42. The molecule has 5 nitrogen and oxygen atoms in total. The Kier molecular flexibility index (Phi) is 5.28. The molecular weight excluding hydrogens is 322 g/mol. The summed E-state index contributed by atoms with van der Waals surface area (Å²) in [5.74, 6) is 0.0319. The highest BCUT2D eigenvalue weighted by atomic mass is 32.1. The van der Waals surface area contributed by atoms with E-state index in [4.69, 9.17) is 4.74 Å². The number of nitrogens with zero attached hydrogens (tertiary/aromatic N) is 1. The third-order valence-electron chi connectivity index (χ3n) is 4.52. The van der Waals surface area contributed by atoms with Crippen LogP contribution in [-0.4, -0.2) is 36.7 Å². The standard InChI is InChI=1S/C18H23N3O2S/c1-11(21-18(22)16-8-15(23-3)9-19-16)13-4-6-14(7-5-13)17-12(2)20-10-24-17/h4-7,10-11,15-16,19H,8-9H2,1-3H3,(H,21,22)/t11-,15+,16-/m0/s1. The van der Waals surface area contributed by atoms with Gasteiger partial charge in [-0.2, -0.15) is 0 Å². The largest absolute Gasteiger partial charge is 0.380 e. The number of carbonyl (C=O) groups is 1. The van der Waals surface area contributed by atoms with Crippen LogP contribution in [0.1, 0.15) is 30.6 Å². The average molecular weight is 345 g/mol. The van der Waals surface area contributed by atoms with E-state index in [1.807, 2.05) is 19.4 Å². The summed E-state index contributed by atoms with van der Waals surface area (Å²) in [4.78, 5) is 17.8. The summed E-state index contributed by atoms with van der Waals surface area (Å²) in [6.07, 6.45) is 0.844. The molecule has 1 saturated heterocycles. The first kappa shape index (κ1) is 17.1. The fourth-order valence-electron chi connectivity index (χ4n) is 2.98. The van der Waals surface area contributed by atoms with Crippen LogP contribution in [0.2, 0.25) is 0 Å². The van der Waals surface area contributed by atoms with Gasteiger partial charge in [-0.25, -0.2) is 4.98 Å². The van der Waals surface area contributed by atoms with Crippen LogP contribution in [0.5, 0.6) is 0 Å². The molecule has 0 bridgehead atoms. The summed E-state index contributed by atoms with van der Waals surface area (Å²) in [5.41, 5.74) is 5.17. The molecule has 1 amide bonds. The number of ether oxygens (including phenoxy) is 1. The Bertz CT molecular complexity index is 699. The summed E-state index contributed by atoms with van der Waals surface area (Å²) < 4.78 is 5.29. The molecule has 0 spiro atoms. The molecule has 0 saturated carbocycles. The van der Waals surface area contributed by atoms with E-state index in [0.717, 1.165) is 29.8 Å². The van der Waals surface area contributed by atoms with Crippen LogP contribution in [0.15, 0.2) is 29.8 Å². The number of rotatable bonds is 5. The second-order valence-corrected chi connectivity index (χ2v) is 7.03. The third-order valence-corrected chi connectivity index (χ3v) is 5.50. The van der Waals surface area contributed by atoms with Gasteiger partial charge in [-0.15, -0.1) is 11.3 Å². The first-order chi connectivity index (χ1) is 11.6. The van der Waals surface area contributed by atoms with E-state index < -0.39 is 0 Å². The van der Waals surface area contributed by atoms with E-state index in [0.29, 0.717) is 0 Å². The van der Waals surface area contributed by atoms with Gasteiger partial charge in [0.1, 0.15) is 0 Å². The zero-order chi connectivity index (χ0) is 17.1. The smallest absolute Gasteiger partial charge is 0.237 e. The van der Waals surface area contributed by atoms with Gasteiger partial charge in [-0.05, 0) is 31.4 Å². The number of thiazole rings is 1. The SMILES string of the molecule is CO[C@H]1CN[C@H](C(=O)N[C@@H](C)c2ccc(-c3scnc3C)cc2)C1. The van der Waals surface area contributed by atoms with Gasteiger partial charge in [-0.3, -0.25) is 4.79 Å². The number of methoxy groups -OCH3 is 1. The van der Waals surface area contributed by atoms with E-state index in [-0.39, 0.29) is 24.1 Å². The van der Waals surface area contributed by atoms with Crippen molar-refractivity contribution >= 4 is 17.2 Å². The van der Waals surface area contributed by atoms with Gasteiger partial charge in [-0.1, -0.05) is 24.3 Å². The first-order valence-corrected chi connectivity index (χ1v) is 9.03. The van der Waals surface area contributed by atoms with Crippen molar-refractivity contribution in [2.75, 3.05) is 13.7 Å². The molecule has 2 aromatic rings. The summed E-state index contributed by atoms with van der Waals surface area (Å²) in [5, 5.41) is 6.29. The van der Waals surface area contributed by atoms with Crippen LogP contribution >= 0.6 is 11.3 Å². The molecule has 0 aliphatic carbocycles. The number of carbonyl (C=O) groups excluding carboxylic acids is 1. The number of amides is 1. The molecule has 3 rings (SSSR count). The minimum Gasteiger partial charge on any atom is -0.380 e. The summed E-state index contributed by atoms with van der Waals surface area (Å²) in [7, 11) is 1.68. The van der Waals surface area contributed by atoms with Crippen LogP contribution in [0.3, 0.4) is 0 Å². The second-order valence-electron chi connectivity index (χ2n) is 6.17. The molecule has 1 aliphatic rings. The highest BCUT2D eigenvalue weighted by Crippen LogP contribution is 2.28. The monoisotopic (exact) mass is 345 g/mol. The Hall–Kier alpha value is -1.76. The lowest BCUT2D eigenvalue weighted by Gasteiger charge is -2.18. The Morgan fingerprint density at radius 3 is 2.75 bits per heavy atom. The lowest BCUT2D eigenvalue weighted by atomic mass is 10.0. The molecular formula is C18H23N3O2S. The van der Waals surface area contributed by atoms with Crippen molar-refractivity contribution in [3.05, 3.63) is 41.0 Å². The predicted octanol–water partition coefficient (Wildman–Crippen LogP) is 2.67. The lowest BCUT2D eigenvalue weighted by Crippen LogP contribution is -2.41. The van der Waals surface area contributed by atoms with E-state index in [9.17, 15) is 4.79 Å². The first-order valence-electron chi connectivity index (χ1n) is 8.15. The van der Waals surface area contributed by atoms with Crippen molar-refractivity contribution in [2.24, 2.45) is 0 Å². The molecule has 0 radical (unpaired) electrons. The van der Waals surface area contributed by atoms with Gasteiger partial charge in [0, 0.05) is 13.7 Å². The molecule has 128 valence electrons. The van der Waals surface area contributed by atoms with Crippen LogP contribution < -0.4 is 10.6 Å². The minimum atomic E-state index is -0.170. The van der Waals surface area contributed by atoms with Crippen LogP contribution in [-0.2, 0) is 9.53 Å². The van der Waals surface area contributed by atoms with Crippen molar-refractivity contribution in [3.8, 4) is 10.4 Å². The number of aryl methyl sites for hydroxylation is 1. The quantitative estimate of drug-likeness (QED) is 0.874. The molecule has 3 atom stereocenters. The van der Waals surface area contributed by atoms with E-state index >= 15 is 0 Å². The molecule has 6 heteroatoms. The van der Waals surface area contributed by atoms with Crippen LogP contribution in [0.4, 0.5) is 0 Å². The Balaban J connectivity index is 1.62. The maximum absolute atomic E-state index is 12.4. The maximum atomic E-state index is 12.4. The maximum Gasteiger partial charge on any atom is 0.237 e. The van der Waals surface area contributed by atoms with Crippen molar-refractivity contribution in [1.29, 1.82) is 0 Å². The van der Waals surface area contributed by atoms with Gasteiger partial charge >= 0.3 is 0 Å². The number of benzene rings is 1. The van der Waals surface area contributed by atoms with Crippen molar-refractivity contribution in [3.63, 3.8) is 0 Å². The highest BCUT2D eigenvalue weighted by Gasteiger charge is 2.29. The Morgan fingerprint density at radius 2 is 2.17 bits per heavy atom. The Labute approximate surface area is 146 Å². The molecule has 1 aliphatic heterocycles. The van der Waals surface area contributed by atoms with Crippen LogP contribution in [0, 0.1) is 6.92 Å². The predicted molar refractivity (Wildman–Crippen MR) is 96.0 cm³/mol. The van der Waals surface area contributed by atoms with Gasteiger partial charge in [0.05, 0.1) is 34.3 Å². The summed E-state index contributed by atoms with van der Waals surface area (Å²) in [6.45, 7) is 4.75. The van der Waals surface area contributed by atoms with Gasteiger partial charge in [0.2, 0.25) is 5.91 Å². The topological polar surface area (TPSA) is 63.2 Å². The number of aromatic nitrogens is 1. The molecule has 1 aromatic heterocycles. The number of nitrogens with one attached hydrogen (secondary N) is 2. The fourth-order valence-corrected chi connectivity index (χ4v) is 3.79. The molecule has 2 N–H and O–H groups in total. The third kappa shape index (κ3) is 3.66. The van der Waals surface area contributed by atoms with Gasteiger partial charge in [0.15, 0.2) is 0 Å². The Morgan fingerprint density at radius 1 is 1.42 bits per heavy atom. The molecule has 1 aromatic carbocycles. The molecule has 2 heterocycles. The highest BCUT2D eigenvalue weighted by molar-refractivity contribution is 7.13. The van der Waals surface area contributed by atoms with Crippen molar-refractivity contribution in [1.82, 2.24) is 15.6 Å². The normalized spacial score (nSPS) is 21.6. The number of hydrogen-bond acceptors (Lipinski definition) is 5. The lowest BCUT2D eigenvalue weighted by molar-refractivity contribution is -0.123. The summed E-state index contributed by atoms with van der Waals surface area (Å²) >= 11 is 1.65. The van der Waals surface area contributed by atoms with Gasteiger partial charge in [0.25, 0.3) is 0 Å². The summed E-state index contributed by atoms with van der Waals surface area (Å²) in [6, 6.07) is 8.12.